The van der Waals surface area contributed by atoms with Crippen molar-refractivity contribution in [2.45, 2.75) is 12.0 Å². The van der Waals surface area contributed by atoms with Gasteiger partial charge in [-0.05, 0) is 23.1 Å². The number of rotatable bonds is 7. The molecule has 0 radical (unpaired) electrons. The van der Waals surface area contributed by atoms with E-state index in [4.69, 9.17) is 5.73 Å². The number of hydrogen-bond acceptors (Lipinski definition) is 3. The van der Waals surface area contributed by atoms with Gasteiger partial charge in [0.1, 0.15) is 5.54 Å². The summed E-state index contributed by atoms with van der Waals surface area (Å²) in [5.74, 6) is -1.07. The minimum Gasteiger partial charge on any atom is -0.369 e. The first-order chi connectivity index (χ1) is 15.6. The van der Waals surface area contributed by atoms with Crippen LogP contribution in [0.3, 0.4) is 0 Å². The van der Waals surface area contributed by atoms with Gasteiger partial charge in [-0.3, -0.25) is 9.59 Å². The van der Waals surface area contributed by atoms with E-state index in [2.05, 4.69) is 41.4 Å². The van der Waals surface area contributed by atoms with Gasteiger partial charge in [0.15, 0.2) is 5.82 Å². The van der Waals surface area contributed by atoms with Gasteiger partial charge in [0.25, 0.3) is 0 Å². The van der Waals surface area contributed by atoms with Crippen LogP contribution in [-0.4, -0.2) is 21.2 Å². The van der Waals surface area contributed by atoms with Crippen LogP contribution in [-0.2, 0) is 10.3 Å². The normalized spacial score (nSPS) is 17.6. The van der Waals surface area contributed by atoms with Gasteiger partial charge in [-0.2, -0.15) is 0 Å². The smallest absolute Gasteiger partial charge is 0.221 e. The van der Waals surface area contributed by atoms with E-state index in [1.807, 2.05) is 65.4 Å². The molecule has 1 aliphatic carbocycles. The number of nitrogens with two attached hydrogens (primary N) is 1. The third-order valence-corrected chi connectivity index (χ3v) is 6.29. The lowest BCUT2D eigenvalue weighted by molar-refractivity contribution is -0.119. The lowest BCUT2D eigenvalue weighted by Gasteiger charge is -2.38. The zero-order valence-electron chi connectivity index (χ0n) is 17.5. The topological polar surface area (TPSA) is 78.0 Å². The lowest BCUT2D eigenvalue weighted by Crippen LogP contribution is -2.39. The molecule has 0 spiro atoms. The molecule has 0 bridgehead atoms. The Hall–Kier alpha value is -3.99. The van der Waals surface area contributed by atoms with E-state index in [1.54, 1.807) is 6.20 Å². The van der Waals surface area contributed by atoms with E-state index in [0.29, 0.717) is 12.2 Å². The molecular weight excluding hydrogens is 398 g/mol. The van der Waals surface area contributed by atoms with Crippen LogP contribution in [0.5, 0.6) is 0 Å². The Kier molecular flexibility index (Phi) is 4.94. The Morgan fingerprint density at radius 2 is 1.25 bits per heavy atom. The third kappa shape index (κ3) is 3.14. The summed E-state index contributed by atoms with van der Waals surface area (Å²) in [5.41, 5.74) is 7.66. The maximum atomic E-state index is 13.5. The van der Waals surface area contributed by atoms with Crippen molar-refractivity contribution >= 4 is 11.7 Å². The average molecular weight is 422 g/mol. The second kappa shape index (κ2) is 7.93. The molecule has 2 N–H and O–H groups in total. The number of nitrogens with zero attached hydrogens (tertiary/aromatic N) is 2. The van der Waals surface area contributed by atoms with E-state index in [0.717, 1.165) is 16.7 Å². The number of aromatic nitrogens is 2. The number of hydrogen-bond donors (Lipinski definition) is 1. The lowest BCUT2D eigenvalue weighted by atomic mass is 9.76. The summed E-state index contributed by atoms with van der Waals surface area (Å²) in [5, 5.41) is 0. The number of carbonyl (C=O) groups excluding carboxylic acids is 2. The van der Waals surface area contributed by atoms with Gasteiger partial charge in [-0.25, -0.2) is 4.98 Å². The molecule has 158 valence electrons. The molecule has 1 saturated carbocycles. The van der Waals surface area contributed by atoms with Gasteiger partial charge in [0, 0.05) is 24.2 Å². The van der Waals surface area contributed by atoms with Crippen molar-refractivity contribution in [1.29, 1.82) is 0 Å². The summed E-state index contributed by atoms with van der Waals surface area (Å²) in [4.78, 5) is 29.6. The third-order valence-electron chi connectivity index (χ3n) is 6.29. The second-order valence-electron chi connectivity index (χ2n) is 8.14. The van der Waals surface area contributed by atoms with E-state index in [-0.39, 0.29) is 5.78 Å². The molecule has 1 aromatic heterocycles. The molecule has 5 nitrogen and oxygen atoms in total. The number of carbonyl (C=O) groups is 2. The van der Waals surface area contributed by atoms with Crippen molar-refractivity contribution in [2.75, 3.05) is 0 Å². The summed E-state index contributed by atoms with van der Waals surface area (Å²) >= 11 is 0. The largest absolute Gasteiger partial charge is 0.369 e. The summed E-state index contributed by atoms with van der Waals surface area (Å²) in [6.07, 6.45) is 3.98. The molecule has 2 unspecified atom stereocenters. The van der Waals surface area contributed by atoms with Crippen LogP contribution in [0.15, 0.2) is 103 Å². The summed E-state index contributed by atoms with van der Waals surface area (Å²) in [7, 11) is 0. The van der Waals surface area contributed by atoms with Crippen molar-refractivity contribution in [3.8, 4) is 0 Å². The summed E-state index contributed by atoms with van der Waals surface area (Å²) < 4.78 is 1.95. The molecule has 4 aromatic rings. The highest BCUT2D eigenvalue weighted by Gasteiger charge is 2.50. The van der Waals surface area contributed by atoms with Crippen LogP contribution >= 0.6 is 0 Å². The Morgan fingerprint density at radius 1 is 0.781 bits per heavy atom. The zero-order chi connectivity index (χ0) is 22.1. The predicted molar refractivity (Wildman–Crippen MR) is 122 cm³/mol. The van der Waals surface area contributed by atoms with Crippen LogP contribution < -0.4 is 5.73 Å². The van der Waals surface area contributed by atoms with E-state index in [9.17, 15) is 9.59 Å². The number of amides is 1. The molecule has 32 heavy (non-hydrogen) atoms. The summed E-state index contributed by atoms with van der Waals surface area (Å²) in [6, 6.07) is 30.3. The van der Waals surface area contributed by atoms with Crippen molar-refractivity contribution in [3.05, 3.63) is 126 Å². The fourth-order valence-electron chi connectivity index (χ4n) is 4.68. The maximum Gasteiger partial charge on any atom is 0.221 e. The highest BCUT2D eigenvalue weighted by atomic mass is 16.2. The van der Waals surface area contributed by atoms with Gasteiger partial charge in [-0.15, -0.1) is 0 Å². The first-order valence-corrected chi connectivity index (χ1v) is 10.7. The molecule has 0 saturated heterocycles. The van der Waals surface area contributed by atoms with Gasteiger partial charge in [0.05, 0.1) is 0 Å². The van der Waals surface area contributed by atoms with Crippen molar-refractivity contribution in [1.82, 2.24) is 9.55 Å². The van der Waals surface area contributed by atoms with Crippen LogP contribution in [0.25, 0.3) is 0 Å². The number of imidazole rings is 1. The molecule has 2 atom stereocenters. The highest BCUT2D eigenvalue weighted by molar-refractivity contribution is 6.01. The summed E-state index contributed by atoms with van der Waals surface area (Å²) in [6.45, 7) is 0. The molecule has 1 amide bonds. The fourth-order valence-corrected chi connectivity index (χ4v) is 4.68. The molecule has 3 aromatic carbocycles. The molecule has 1 aliphatic rings. The van der Waals surface area contributed by atoms with Gasteiger partial charge < -0.3 is 10.3 Å². The Bertz CT molecular complexity index is 1150. The van der Waals surface area contributed by atoms with Gasteiger partial charge >= 0.3 is 0 Å². The molecule has 1 fully saturated rings. The first-order valence-electron chi connectivity index (χ1n) is 10.7. The predicted octanol–water partition coefficient (Wildman–Crippen LogP) is 4.03. The number of Topliss-reactive ketones (excluding diaryl/α,β-unsaturated/α-hetero) is 1. The van der Waals surface area contributed by atoms with Crippen molar-refractivity contribution in [3.63, 3.8) is 0 Å². The Balaban J connectivity index is 1.79. The molecule has 0 aliphatic heterocycles. The van der Waals surface area contributed by atoms with E-state index < -0.39 is 23.3 Å². The van der Waals surface area contributed by atoms with Crippen LogP contribution in [0.4, 0.5) is 0 Å². The van der Waals surface area contributed by atoms with E-state index >= 15 is 0 Å². The molecular formula is C27H23N3O2. The molecule has 5 rings (SSSR count). The first kappa shape index (κ1) is 19.9. The van der Waals surface area contributed by atoms with Crippen molar-refractivity contribution in [2.24, 2.45) is 17.6 Å². The monoisotopic (exact) mass is 421 g/mol. The number of primary amides is 1. The van der Waals surface area contributed by atoms with Crippen LogP contribution in [0.2, 0.25) is 0 Å². The minimum absolute atomic E-state index is 0.147. The van der Waals surface area contributed by atoms with E-state index in [1.165, 1.54) is 0 Å². The Morgan fingerprint density at radius 3 is 1.66 bits per heavy atom. The standard InChI is InChI=1S/C27H23N3O2/c28-25(32)23-18-22(23)24(31)26-29-16-17-30(26)27(19-10-4-1-5-11-19,20-12-6-2-7-13-20)21-14-8-3-9-15-21/h1-17,22-23H,18H2,(H2,28,32). The SMILES string of the molecule is NC(=O)C1CC1C(=O)c1nccn1C(c1ccccc1)(c1ccccc1)c1ccccc1. The van der Waals surface area contributed by atoms with Crippen molar-refractivity contribution < 1.29 is 9.59 Å². The average Bonchev–Trinajstić information content (AvgIpc) is 3.51. The Labute approximate surface area is 186 Å². The quantitative estimate of drug-likeness (QED) is 0.362. The van der Waals surface area contributed by atoms with Crippen LogP contribution in [0.1, 0.15) is 33.7 Å². The second-order valence-corrected chi connectivity index (χ2v) is 8.14. The molecule has 1 heterocycles. The number of ketones is 1. The van der Waals surface area contributed by atoms with Gasteiger partial charge in [0.2, 0.25) is 11.7 Å². The van der Waals surface area contributed by atoms with Gasteiger partial charge in [-0.1, -0.05) is 91.0 Å². The zero-order valence-corrected chi connectivity index (χ0v) is 17.5. The van der Waals surface area contributed by atoms with Crippen LogP contribution in [0, 0.1) is 11.8 Å². The number of benzene rings is 3. The molecule has 5 heteroatoms. The maximum absolute atomic E-state index is 13.5. The minimum atomic E-state index is -0.817. The fraction of sp³-hybridized carbons (Fsp3) is 0.148. The highest BCUT2D eigenvalue weighted by Crippen LogP contribution is 2.44.